The standard InChI is InChI=1S/C20H20O3/c1-3-10-16-11-8-9-14-18(16)20(22,19(21)23-15-4-2)17-12-6-5-7-13-17/h3-9,11-14,22H,1-2,10,15H2. The van der Waals surface area contributed by atoms with Gasteiger partial charge in [0.1, 0.15) is 6.61 Å². The summed E-state index contributed by atoms with van der Waals surface area (Å²) in [7, 11) is 0. The minimum absolute atomic E-state index is 0.0393. The number of hydrogen-bond acceptors (Lipinski definition) is 3. The molecule has 118 valence electrons. The second kappa shape index (κ2) is 7.56. The van der Waals surface area contributed by atoms with Gasteiger partial charge in [0, 0.05) is 5.56 Å². The summed E-state index contributed by atoms with van der Waals surface area (Å²) < 4.78 is 5.17. The van der Waals surface area contributed by atoms with Crippen LogP contribution in [0.2, 0.25) is 0 Å². The smallest absolute Gasteiger partial charge is 0.348 e. The molecule has 1 atom stereocenters. The van der Waals surface area contributed by atoms with Gasteiger partial charge in [0.2, 0.25) is 5.60 Å². The number of hydrogen-bond donors (Lipinski definition) is 1. The van der Waals surface area contributed by atoms with Gasteiger partial charge in [-0.05, 0) is 17.5 Å². The maximum Gasteiger partial charge on any atom is 0.348 e. The normalized spacial score (nSPS) is 12.9. The van der Waals surface area contributed by atoms with Gasteiger partial charge in [-0.15, -0.1) is 6.58 Å². The highest BCUT2D eigenvalue weighted by molar-refractivity contribution is 5.86. The molecule has 0 bridgehead atoms. The monoisotopic (exact) mass is 308 g/mol. The fraction of sp³-hybridized carbons (Fsp3) is 0.150. The van der Waals surface area contributed by atoms with Crippen molar-refractivity contribution in [3.8, 4) is 0 Å². The minimum Gasteiger partial charge on any atom is -0.459 e. The van der Waals surface area contributed by atoms with Crippen molar-refractivity contribution >= 4 is 5.97 Å². The van der Waals surface area contributed by atoms with E-state index in [1.807, 2.05) is 18.2 Å². The van der Waals surface area contributed by atoms with Gasteiger partial charge in [-0.3, -0.25) is 0 Å². The van der Waals surface area contributed by atoms with Gasteiger partial charge in [-0.1, -0.05) is 73.3 Å². The lowest BCUT2D eigenvalue weighted by Crippen LogP contribution is -2.39. The lowest BCUT2D eigenvalue weighted by Gasteiger charge is -2.28. The summed E-state index contributed by atoms with van der Waals surface area (Å²) in [6, 6.07) is 16.1. The molecule has 2 rings (SSSR count). The van der Waals surface area contributed by atoms with Crippen molar-refractivity contribution in [2.24, 2.45) is 0 Å². The average Bonchev–Trinajstić information content (AvgIpc) is 2.60. The van der Waals surface area contributed by atoms with E-state index in [0.29, 0.717) is 17.5 Å². The maximum atomic E-state index is 12.6. The Kier molecular flexibility index (Phi) is 5.50. The van der Waals surface area contributed by atoms with Crippen molar-refractivity contribution in [2.75, 3.05) is 6.61 Å². The minimum atomic E-state index is -1.87. The zero-order valence-electron chi connectivity index (χ0n) is 12.9. The van der Waals surface area contributed by atoms with E-state index in [0.717, 1.165) is 5.56 Å². The van der Waals surface area contributed by atoms with Crippen molar-refractivity contribution in [1.29, 1.82) is 0 Å². The lowest BCUT2D eigenvalue weighted by molar-refractivity contribution is -0.160. The number of carbonyl (C=O) groups is 1. The molecule has 0 heterocycles. The molecule has 0 fully saturated rings. The van der Waals surface area contributed by atoms with Gasteiger partial charge in [-0.2, -0.15) is 0 Å². The van der Waals surface area contributed by atoms with Crippen LogP contribution in [0.5, 0.6) is 0 Å². The molecule has 2 aromatic rings. The van der Waals surface area contributed by atoms with E-state index >= 15 is 0 Å². The van der Waals surface area contributed by atoms with E-state index in [1.165, 1.54) is 6.08 Å². The SMILES string of the molecule is C=CCOC(=O)C(O)(c1ccccc1)c1ccccc1CC=C. The highest BCUT2D eigenvalue weighted by Gasteiger charge is 2.42. The maximum absolute atomic E-state index is 12.6. The second-order valence-corrected chi connectivity index (χ2v) is 5.11. The van der Waals surface area contributed by atoms with Crippen LogP contribution in [0.15, 0.2) is 79.9 Å². The number of esters is 1. The highest BCUT2D eigenvalue weighted by atomic mass is 16.5. The molecule has 0 spiro atoms. The largest absolute Gasteiger partial charge is 0.459 e. The van der Waals surface area contributed by atoms with Crippen molar-refractivity contribution in [3.05, 3.63) is 96.6 Å². The van der Waals surface area contributed by atoms with Crippen LogP contribution in [0.3, 0.4) is 0 Å². The predicted octanol–water partition coefficient (Wildman–Crippen LogP) is 3.38. The molecule has 3 heteroatoms. The third kappa shape index (κ3) is 3.41. The Morgan fingerprint density at radius 3 is 2.35 bits per heavy atom. The van der Waals surface area contributed by atoms with Crippen molar-refractivity contribution in [3.63, 3.8) is 0 Å². The molecule has 0 amide bonds. The Morgan fingerprint density at radius 2 is 1.70 bits per heavy atom. The van der Waals surface area contributed by atoms with Gasteiger partial charge in [0.25, 0.3) is 0 Å². The Labute approximate surface area is 136 Å². The first-order valence-corrected chi connectivity index (χ1v) is 7.40. The zero-order chi connectivity index (χ0) is 16.7. The van der Waals surface area contributed by atoms with E-state index in [-0.39, 0.29) is 6.61 Å². The van der Waals surface area contributed by atoms with Crippen LogP contribution in [0.4, 0.5) is 0 Å². The highest BCUT2D eigenvalue weighted by Crippen LogP contribution is 2.33. The molecule has 0 aliphatic rings. The number of benzene rings is 2. The summed E-state index contributed by atoms with van der Waals surface area (Å²) in [6.45, 7) is 7.31. The van der Waals surface area contributed by atoms with Crippen LogP contribution in [0.1, 0.15) is 16.7 Å². The van der Waals surface area contributed by atoms with Crippen LogP contribution in [-0.2, 0) is 21.6 Å². The molecule has 0 saturated heterocycles. The quantitative estimate of drug-likeness (QED) is 0.630. The van der Waals surface area contributed by atoms with Gasteiger partial charge >= 0.3 is 5.97 Å². The Morgan fingerprint density at radius 1 is 1.04 bits per heavy atom. The van der Waals surface area contributed by atoms with Crippen LogP contribution in [0.25, 0.3) is 0 Å². The molecule has 0 radical (unpaired) electrons. The van der Waals surface area contributed by atoms with E-state index in [4.69, 9.17) is 4.74 Å². The molecule has 0 aliphatic heterocycles. The summed E-state index contributed by atoms with van der Waals surface area (Å²) in [5, 5.41) is 11.3. The summed E-state index contributed by atoms with van der Waals surface area (Å²) >= 11 is 0. The van der Waals surface area contributed by atoms with Crippen LogP contribution >= 0.6 is 0 Å². The topological polar surface area (TPSA) is 46.5 Å². The molecular weight excluding hydrogens is 288 g/mol. The second-order valence-electron chi connectivity index (χ2n) is 5.11. The van der Waals surface area contributed by atoms with E-state index < -0.39 is 11.6 Å². The first-order valence-electron chi connectivity index (χ1n) is 7.40. The van der Waals surface area contributed by atoms with E-state index in [9.17, 15) is 9.90 Å². The zero-order valence-corrected chi connectivity index (χ0v) is 12.9. The summed E-state index contributed by atoms with van der Waals surface area (Å²) in [5.41, 5.74) is -0.0840. The fourth-order valence-corrected chi connectivity index (χ4v) is 2.51. The van der Waals surface area contributed by atoms with Gasteiger partial charge in [-0.25, -0.2) is 4.79 Å². The Hall–Kier alpha value is -2.65. The van der Waals surface area contributed by atoms with Crippen LogP contribution in [0, 0.1) is 0 Å². The molecule has 0 aromatic heterocycles. The van der Waals surface area contributed by atoms with Crippen LogP contribution in [-0.4, -0.2) is 17.7 Å². The van der Waals surface area contributed by atoms with Gasteiger partial charge in [0.05, 0.1) is 0 Å². The number of rotatable bonds is 7. The molecule has 23 heavy (non-hydrogen) atoms. The molecule has 3 nitrogen and oxygen atoms in total. The van der Waals surface area contributed by atoms with Gasteiger partial charge in [0.15, 0.2) is 0 Å². The molecular formula is C20H20O3. The molecule has 1 N–H and O–H groups in total. The number of carbonyl (C=O) groups excluding carboxylic acids is 1. The van der Waals surface area contributed by atoms with Crippen molar-refractivity contribution in [1.82, 2.24) is 0 Å². The first kappa shape index (κ1) is 16.7. The predicted molar refractivity (Wildman–Crippen MR) is 90.9 cm³/mol. The molecule has 0 aliphatic carbocycles. The van der Waals surface area contributed by atoms with E-state index in [1.54, 1.807) is 42.5 Å². The van der Waals surface area contributed by atoms with Crippen molar-refractivity contribution < 1.29 is 14.6 Å². The van der Waals surface area contributed by atoms with Crippen molar-refractivity contribution in [2.45, 2.75) is 12.0 Å². The first-order chi connectivity index (χ1) is 11.1. The lowest BCUT2D eigenvalue weighted by atomic mass is 9.83. The number of ether oxygens (including phenoxy) is 1. The van der Waals surface area contributed by atoms with Gasteiger partial charge < -0.3 is 9.84 Å². The van der Waals surface area contributed by atoms with E-state index in [2.05, 4.69) is 13.2 Å². The summed E-state index contributed by atoms with van der Waals surface area (Å²) in [5.74, 6) is -0.722. The third-order valence-electron chi connectivity index (χ3n) is 3.59. The Balaban J connectivity index is 2.61. The summed E-state index contributed by atoms with van der Waals surface area (Å²) in [6.07, 6.45) is 3.75. The molecule has 0 saturated carbocycles. The Bertz CT molecular complexity index is 691. The summed E-state index contributed by atoms with van der Waals surface area (Å²) in [4.78, 5) is 12.6. The fourth-order valence-electron chi connectivity index (χ4n) is 2.51. The average molecular weight is 308 g/mol. The number of aliphatic hydroxyl groups is 1. The third-order valence-corrected chi connectivity index (χ3v) is 3.59. The number of allylic oxidation sites excluding steroid dienone is 1. The molecule has 1 unspecified atom stereocenters. The van der Waals surface area contributed by atoms with Crippen LogP contribution < -0.4 is 0 Å². The molecule has 2 aromatic carbocycles.